The Hall–Kier alpha value is -2.10. The number of nitrogens with zero attached hydrogens (tertiary/aromatic N) is 1. The van der Waals surface area contributed by atoms with Gasteiger partial charge < -0.3 is 14.7 Å². The smallest absolute Gasteiger partial charge is 0.118 e. The van der Waals surface area contributed by atoms with Crippen LogP contribution in [0.1, 0.15) is 42.4 Å². The SMILES string of the molecule is COc1ccc(C=C2CCCCC(CN(C)C)C2(O)c2ccccc2C)cc1. The molecular formula is C25H33NO2. The van der Waals surface area contributed by atoms with Crippen molar-refractivity contribution in [3.63, 3.8) is 0 Å². The lowest BCUT2D eigenvalue weighted by atomic mass is 9.72. The minimum atomic E-state index is -0.952. The predicted octanol–water partition coefficient (Wildman–Crippen LogP) is 5.03. The van der Waals surface area contributed by atoms with Gasteiger partial charge in [0.2, 0.25) is 0 Å². The van der Waals surface area contributed by atoms with Gasteiger partial charge in [-0.2, -0.15) is 0 Å². The number of benzene rings is 2. The summed E-state index contributed by atoms with van der Waals surface area (Å²) in [7, 11) is 5.87. The van der Waals surface area contributed by atoms with Gasteiger partial charge in [-0.15, -0.1) is 0 Å². The molecular weight excluding hydrogens is 346 g/mol. The number of methoxy groups -OCH3 is 1. The highest BCUT2D eigenvalue weighted by molar-refractivity contribution is 5.58. The second-order valence-electron chi connectivity index (χ2n) is 8.23. The molecule has 3 heteroatoms. The van der Waals surface area contributed by atoms with Crippen LogP contribution in [0.3, 0.4) is 0 Å². The molecule has 2 unspecified atom stereocenters. The fraction of sp³-hybridized carbons (Fsp3) is 0.440. The van der Waals surface area contributed by atoms with Crippen molar-refractivity contribution in [3.05, 3.63) is 70.8 Å². The molecule has 0 heterocycles. The number of rotatable bonds is 5. The van der Waals surface area contributed by atoms with Crippen LogP contribution in [-0.4, -0.2) is 37.8 Å². The topological polar surface area (TPSA) is 32.7 Å². The predicted molar refractivity (Wildman–Crippen MR) is 117 cm³/mol. The fourth-order valence-electron chi connectivity index (χ4n) is 4.51. The highest BCUT2D eigenvalue weighted by atomic mass is 16.5. The zero-order valence-corrected chi connectivity index (χ0v) is 17.6. The molecule has 3 rings (SSSR count). The minimum Gasteiger partial charge on any atom is -0.497 e. The van der Waals surface area contributed by atoms with Crippen LogP contribution in [0.2, 0.25) is 0 Å². The third-order valence-corrected chi connectivity index (χ3v) is 5.93. The molecule has 28 heavy (non-hydrogen) atoms. The molecule has 1 saturated carbocycles. The number of aryl methyl sites for hydroxylation is 1. The Bertz CT molecular complexity index is 810. The molecule has 0 bridgehead atoms. The van der Waals surface area contributed by atoms with E-state index in [-0.39, 0.29) is 5.92 Å². The van der Waals surface area contributed by atoms with Gasteiger partial charge in [0, 0.05) is 12.5 Å². The first-order valence-corrected chi connectivity index (χ1v) is 10.2. The second kappa shape index (κ2) is 8.93. The van der Waals surface area contributed by atoms with Crippen LogP contribution in [0.5, 0.6) is 5.75 Å². The molecule has 0 aromatic heterocycles. The Morgan fingerprint density at radius 1 is 1.11 bits per heavy atom. The van der Waals surface area contributed by atoms with E-state index in [1.165, 1.54) is 0 Å². The summed E-state index contributed by atoms with van der Waals surface area (Å²) >= 11 is 0. The molecule has 0 amide bonds. The molecule has 2 atom stereocenters. The second-order valence-corrected chi connectivity index (χ2v) is 8.23. The molecule has 0 spiro atoms. The van der Waals surface area contributed by atoms with Gasteiger partial charge >= 0.3 is 0 Å². The summed E-state index contributed by atoms with van der Waals surface area (Å²) in [6, 6.07) is 16.4. The van der Waals surface area contributed by atoms with Crippen LogP contribution in [0.25, 0.3) is 6.08 Å². The van der Waals surface area contributed by atoms with Crippen LogP contribution in [0.4, 0.5) is 0 Å². The van der Waals surface area contributed by atoms with Crippen molar-refractivity contribution in [2.75, 3.05) is 27.7 Å². The highest BCUT2D eigenvalue weighted by Crippen LogP contribution is 2.46. The van der Waals surface area contributed by atoms with Gasteiger partial charge in [-0.1, -0.05) is 48.9 Å². The number of ether oxygens (including phenoxy) is 1. The fourth-order valence-corrected chi connectivity index (χ4v) is 4.51. The third kappa shape index (κ3) is 4.31. The zero-order chi connectivity index (χ0) is 20.1. The van der Waals surface area contributed by atoms with Gasteiger partial charge in [-0.25, -0.2) is 0 Å². The Kier molecular flexibility index (Phi) is 6.58. The number of hydrogen-bond acceptors (Lipinski definition) is 3. The van der Waals surface area contributed by atoms with E-state index in [2.05, 4.69) is 56.3 Å². The van der Waals surface area contributed by atoms with E-state index >= 15 is 0 Å². The maximum absolute atomic E-state index is 12.3. The molecule has 0 radical (unpaired) electrons. The summed E-state index contributed by atoms with van der Waals surface area (Å²) in [6.45, 7) is 2.97. The minimum absolute atomic E-state index is 0.163. The summed E-state index contributed by atoms with van der Waals surface area (Å²) in [5.74, 6) is 1.01. The molecule has 0 saturated heterocycles. The Balaban J connectivity index is 2.13. The van der Waals surface area contributed by atoms with Crippen molar-refractivity contribution < 1.29 is 9.84 Å². The summed E-state index contributed by atoms with van der Waals surface area (Å²) < 4.78 is 5.29. The Morgan fingerprint density at radius 3 is 2.46 bits per heavy atom. The summed E-state index contributed by atoms with van der Waals surface area (Å²) in [5, 5.41) is 12.3. The van der Waals surface area contributed by atoms with Crippen molar-refractivity contribution in [2.24, 2.45) is 5.92 Å². The molecule has 1 N–H and O–H groups in total. The lowest BCUT2D eigenvalue weighted by Crippen LogP contribution is -2.42. The zero-order valence-electron chi connectivity index (χ0n) is 17.6. The van der Waals surface area contributed by atoms with Crippen molar-refractivity contribution >= 4 is 6.08 Å². The maximum atomic E-state index is 12.3. The molecule has 0 aliphatic heterocycles. The van der Waals surface area contributed by atoms with E-state index in [4.69, 9.17) is 4.74 Å². The molecule has 150 valence electrons. The first-order chi connectivity index (χ1) is 13.4. The normalized spacial score (nSPS) is 24.4. The molecule has 3 nitrogen and oxygen atoms in total. The Morgan fingerprint density at radius 2 is 1.82 bits per heavy atom. The standard InChI is InChI=1S/C25H33NO2/c1-19-9-5-8-12-24(19)25(27)21(10-6-7-11-22(25)18-26(2)3)17-20-13-15-23(28-4)16-14-20/h5,8-9,12-17,22,27H,6-7,10-11,18H2,1-4H3. The van der Waals surface area contributed by atoms with Crippen molar-refractivity contribution in [3.8, 4) is 5.75 Å². The van der Waals surface area contributed by atoms with Gasteiger partial charge in [-0.05, 0) is 74.7 Å². The van der Waals surface area contributed by atoms with E-state index in [0.717, 1.165) is 60.2 Å². The van der Waals surface area contributed by atoms with Crippen LogP contribution < -0.4 is 4.74 Å². The lowest BCUT2D eigenvalue weighted by Gasteiger charge is -2.40. The van der Waals surface area contributed by atoms with Gasteiger partial charge in [-0.3, -0.25) is 0 Å². The van der Waals surface area contributed by atoms with Crippen molar-refractivity contribution in [1.82, 2.24) is 4.90 Å². The van der Waals surface area contributed by atoms with E-state index < -0.39 is 5.60 Å². The van der Waals surface area contributed by atoms with E-state index in [1.807, 2.05) is 24.3 Å². The first kappa shape index (κ1) is 20.6. The highest BCUT2D eigenvalue weighted by Gasteiger charge is 2.43. The summed E-state index contributed by atoms with van der Waals surface area (Å²) in [5.41, 5.74) is 3.47. The van der Waals surface area contributed by atoms with Gasteiger partial charge in [0.15, 0.2) is 0 Å². The van der Waals surface area contributed by atoms with Crippen LogP contribution >= 0.6 is 0 Å². The molecule has 1 aliphatic rings. The van der Waals surface area contributed by atoms with Gasteiger partial charge in [0.25, 0.3) is 0 Å². The number of aliphatic hydroxyl groups is 1. The average Bonchev–Trinajstić information content (AvgIpc) is 2.83. The molecule has 2 aromatic rings. The lowest BCUT2D eigenvalue weighted by molar-refractivity contribution is -0.0000263. The molecule has 1 fully saturated rings. The maximum Gasteiger partial charge on any atom is 0.118 e. The first-order valence-electron chi connectivity index (χ1n) is 10.2. The quantitative estimate of drug-likeness (QED) is 0.740. The number of hydrogen-bond donors (Lipinski definition) is 1. The summed E-state index contributed by atoms with van der Waals surface area (Å²) in [6.07, 6.45) is 6.40. The largest absolute Gasteiger partial charge is 0.497 e. The van der Waals surface area contributed by atoms with Crippen LogP contribution in [0, 0.1) is 12.8 Å². The average molecular weight is 380 g/mol. The van der Waals surface area contributed by atoms with E-state index in [1.54, 1.807) is 7.11 Å². The van der Waals surface area contributed by atoms with Crippen molar-refractivity contribution in [1.29, 1.82) is 0 Å². The Labute approximate surface area is 169 Å². The van der Waals surface area contributed by atoms with E-state index in [9.17, 15) is 5.11 Å². The van der Waals surface area contributed by atoms with Crippen molar-refractivity contribution in [2.45, 2.75) is 38.2 Å². The molecule has 2 aromatic carbocycles. The molecule has 1 aliphatic carbocycles. The third-order valence-electron chi connectivity index (χ3n) is 5.93. The van der Waals surface area contributed by atoms with Crippen LogP contribution in [-0.2, 0) is 5.60 Å². The van der Waals surface area contributed by atoms with Crippen LogP contribution in [0.15, 0.2) is 54.1 Å². The van der Waals surface area contributed by atoms with Gasteiger partial charge in [0.05, 0.1) is 7.11 Å². The van der Waals surface area contributed by atoms with Gasteiger partial charge in [0.1, 0.15) is 11.4 Å². The monoisotopic (exact) mass is 379 g/mol. The summed E-state index contributed by atoms with van der Waals surface area (Å²) in [4.78, 5) is 2.20. The van der Waals surface area contributed by atoms with E-state index in [0.29, 0.717) is 0 Å².